The van der Waals surface area contributed by atoms with Crippen LogP contribution in [0.5, 0.6) is 23.0 Å². The summed E-state index contributed by atoms with van der Waals surface area (Å²) in [5, 5.41) is 3.83. The van der Waals surface area contributed by atoms with Crippen LogP contribution in [0.2, 0.25) is 0 Å². The summed E-state index contributed by atoms with van der Waals surface area (Å²) in [7, 11) is 6.90. The predicted octanol–water partition coefficient (Wildman–Crippen LogP) is 1.12. The Morgan fingerprint density at radius 1 is 0.811 bits per heavy atom. The first-order chi connectivity index (χ1) is 17.1. The Morgan fingerprint density at radius 3 is 1.97 bits per heavy atom. The Labute approximate surface area is 227 Å². The highest BCUT2D eigenvalue weighted by molar-refractivity contribution is 5.50. The third kappa shape index (κ3) is 5.51. The fraction of sp³-hybridized carbons (Fsp3) is 0.586. The molecule has 0 amide bonds. The number of halogens is 1. The lowest BCUT2D eigenvalue weighted by Crippen LogP contribution is -3.00. The molecule has 3 heterocycles. The molecule has 0 bridgehead atoms. The van der Waals surface area contributed by atoms with Gasteiger partial charge in [0, 0.05) is 25.2 Å². The van der Waals surface area contributed by atoms with Crippen LogP contribution in [0.15, 0.2) is 24.3 Å². The lowest BCUT2D eigenvalue weighted by Gasteiger charge is -2.48. The van der Waals surface area contributed by atoms with Gasteiger partial charge in [0.2, 0.25) is 0 Å². The van der Waals surface area contributed by atoms with Gasteiger partial charge in [0.15, 0.2) is 23.0 Å². The third-order valence-electron chi connectivity index (χ3n) is 8.64. The molecule has 0 radical (unpaired) electrons. The van der Waals surface area contributed by atoms with E-state index in [2.05, 4.69) is 41.4 Å². The molecule has 0 aliphatic carbocycles. The highest BCUT2D eigenvalue weighted by atomic mass is 35.5. The molecule has 1 fully saturated rings. The summed E-state index contributed by atoms with van der Waals surface area (Å²) in [6.07, 6.45) is 5.65. The standard InChI is InChI=1S/C29H40N2O4.ClH.H2O/c1-6-18-17-31-10-8-20-14-27(33-3)29(35-5)16-23(20)25(31)12-21(18)11-24-22-15-28(34-4)26(32-2)13-19(22)7-9-30-24;;/h13-16,18,21,24-25,30H,6-12,17H2,1-5H3;1H;1H2/p-1. The van der Waals surface area contributed by atoms with Gasteiger partial charge in [-0.2, -0.15) is 0 Å². The quantitative estimate of drug-likeness (QED) is 0.574. The summed E-state index contributed by atoms with van der Waals surface area (Å²) in [5.41, 5.74) is 5.60. The fourth-order valence-electron chi connectivity index (χ4n) is 6.74. The molecule has 1 saturated heterocycles. The van der Waals surface area contributed by atoms with Gasteiger partial charge in [-0.05, 0) is 90.6 Å². The first-order valence-electron chi connectivity index (χ1n) is 13.1. The highest BCUT2D eigenvalue weighted by Gasteiger charge is 2.40. The van der Waals surface area contributed by atoms with Crippen LogP contribution in [0, 0.1) is 11.8 Å². The van der Waals surface area contributed by atoms with Gasteiger partial charge in [0.25, 0.3) is 0 Å². The Kier molecular flexibility index (Phi) is 9.98. The van der Waals surface area contributed by atoms with E-state index in [1.54, 1.807) is 28.4 Å². The second kappa shape index (κ2) is 12.6. The molecule has 2 aromatic rings. The number of methoxy groups -OCH3 is 4. The summed E-state index contributed by atoms with van der Waals surface area (Å²) >= 11 is 0. The maximum absolute atomic E-state index is 5.68. The summed E-state index contributed by atoms with van der Waals surface area (Å²) in [6, 6.07) is 9.61. The Hall–Kier alpha value is -2.19. The number of hydrogen-bond donors (Lipinski definition) is 1. The van der Waals surface area contributed by atoms with Crippen molar-refractivity contribution >= 4 is 0 Å². The van der Waals surface area contributed by atoms with Crippen LogP contribution in [-0.4, -0.2) is 58.4 Å². The van der Waals surface area contributed by atoms with Gasteiger partial charge in [0.1, 0.15) is 0 Å². The highest BCUT2D eigenvalue weighted by Crippen LogP contribution is 2.48. The van der Waals surface area contributed by atoms with Gasteiger partial charge in [-0.1, -0.05) is 13.3 Å². The lowest BCUT2D eigenvalue weighted by atomic mass is 9.72. The molecule has 0 spiro atoms. The maximum atomic E-state index is 5.68. The zero-order chi connectivity index (χ0) is 24.5. The normalized spacial score (nSPS) is 24.4. The minimum Gasteiger partial charge on any atom is -1.00 e. The van der Waals surface area contributed by atoms with Crippen LogP contribution in [0.3, 0.4) is 0 Å². The van der Waals surface area contributed by atoms with Crippen LogP contribution in [0.25, 0.3) is 0 Å². The van der Waals surface area contributed by atoms with E-state index in [0.717, 1.165) is 55.4 Å². The topological polar surface area (TPSA) is 83.7 Å². The molecule has 0 saturated carbocycles. The molecular weight excluding hydrogens is 492 g/mol. The van der Waals surface area contributed by atoms with Crippen molar-refractivity contribution in [1.29, 1.82) is 0 Å². The van der Waals surface area contributed by atoms with Crippen molar-refractivity contribution in [1.82, 2.24) is 10.2 Å². The molecule has 4 atom stereocenters. The summed E-state index contributed by atoms with van der Waals surface area (Å²) in [6.45, 7) is 5.66. The Morgan fingerprint density at radius 2 is 1.38 bits per heavy atom. The first-order valence-corrected chi connectivity index (χ1v) is 13.1. The van der Waals surface area contributed by atoms with Crippen LogP contribution in [-0.2, 0) is 12.8 Å². The van der Waals surface area contributed by atoms with E-state index >= 15 is 0 Å². The second-order valence-electron chi connectivity index (χ2n) is 10.2. The third-order valence-corrected chi connectivity index (χ3v) is 8.64. The summed E-state index contributed by atoms with van der Waals surface area (Å²) in [5.74, 6) is 4.69. The molecular formula is C29H42ClN2O5-. The van der Waals surface area contributed by atoms with Crippen LogP contribution in [0.1, 0.15) is 60.5 Å². The van der Waals surface area contributed by atoms with Crippen molar-refractivity contribution in [2.24, 2.45) is 11.8 Å². The van der Waals surface area contributed by atoms with Crippen molar-refractivity contribution in [3.63, 3.8) is 0 Å². The van der Waals surface area contributed by atoms with Crippen molar-refractivity contribution in [2.45, 2.75) is 51.1 Å². The van der Waals surface area contributed by atoms with Crippen LogP contribution >= 0.6 is 0 Å². The molecule has 4 unspecified atom stereocenters. The van der Waals surface area contributed by atoms with Crippen LogP contribution < -0.4 is 36.7 Å². The molecule has 0 aromatic heterocycles. The minimum atomic E-state index is 0. The summed E-state index contributed by atoms with van der Waals surface area (Å²) < 4.78 is 22.5. The van der Waals surface area contributed by atoms with Gasteiger partial charge in [-0.15, -0.1) is 0 Å². The number of hydrogen-bond acceptors (Lipinski definition) is 6. The minimum absolute atomic E-state index is 0. The fourth-order valence-corrected chi connectivity index (χ4v) is 6.74. The molecule has 8 heteroatoms. The van der Waals surface area contributed by atoms with Crippen molar-refractivity contribution in [3.8, 4) is 23.0 Å². The van der Waals surface area contributed by atoms with Gasteiger partial charge < -0.3 is 42.1 Å². The molecule has 5 rings (SSSR count). The van der Waals surface area contributed by atoms with Crippen molar-refractivity contribution < 1.29 is 36.8 Å². The van der Waals surface area contributed by atoms with E-state index in [1.165, 1.54) is 41.6 Å². The van der Waals surface area contributed by atoms with E-state index in [1.807, 2.05) is 0 Å². The zero-order valence-corrected chi connectivity index (χ0v) is 23.5. The smallest absolute Gasteiger partial charge is 0.161 e. The molecule has 3 aliphatic rings. The maximum Gasteiger partial charge on any atom is 0.161 e. The van der Waals surface area contributed by atoms with Gasteiger partial charge in [0.05, 0.1) is 28.4 Å². The van der Waals surface area contributed by atoms with Crippen molar-refractivity contribution in [2.75, 3.05) is 48.1 Å². The average Bonchev–Trinajstić information content (AvgIpc) is 2.91. The SMILES string of the molecule is CCC1CN2CCc3cc(OC)c(OC)cc3C2CC1CC1NCCc2cc(OC)c(OC)cc21.O.[Cl-]. The van der Waals surface area contributed by atoms with E-state index < -0.39 is 0 Å². The number of nitrogens with zero attached hydrogens (tertiary/aromatic N) is 1. The van der Waals surface area contributed by atoms with Crippen LogP contribution in [0.4, 0.5) is 0 Å². The first kappa shape index (κ1) is 29.4. The largest absolute Gasteiger partial charge is 1.00 e. The monoisotopic (exact) mass is 533 g/mol. The average molecular weight is 534 g/mol. The number of rotatable bonds is 7. The van der Waals surface area contributed by atoms with Gasteiger partial charge in [-0.3, -0.25) is 4.90 Å². The molecule has 3 aliphatic heterocycles. The predicted molar refractivity (Wildman–Crippen MR) is 142 cm³/mol. The second-order valence-corrected chi connectivity index (χ2v) is 10.2. The number of nitrogens with one attached hydrogen (secondary N) is 1. The number of fused-ring (bicyclic) bond motifs is 4. The number of benzene rings is 2. The molecule has 3 N–H and O–H groups in total. The molecule has 2 aromatic carbocycles. The van der Waals surface area contributed by atoms with Crippen molar-refractivity contribution in [3.05, 3.63) is 46.5 Å². The molecule has 206 valence electrons. The van der Waals surface area contributed by atoms with Gasteiger partial charge >= 0.3 is 0 Å². The zero-order valence-electron chi connectivity index (χ0n) is 22.7. The Bertz CT molecular complexity index is 1060. The van der Waals surface area contributed by atoms with E-state index in [9.17, 15) is 0 Å². The molecule has 7 nitrogen and oxygen atoms in total. The number of ether oxygens (including phenoxy) is 4. The van der Waals surface area contributed by atoms with E-state index in [4.69, 9.17) is 18.9 Å². The van der Waals surface area contributed by atoms with E-state index in [-0.39, 0.29) is 17.9 Å². The molecule has 37 heavy (non-hydrogen) atoms. The summed E-state index contributed by atoms with van der Waals surface area (Å²) in [4.78, 5) is 2.72. The van der Waals surface area contributed by atoms with E-state index in [0.29, 0.717) is 23.9 Å². The number of piperidine rings is 1. The van der Waals surface area contributed by atoms with Gasteiger partial charge in [-0.25, -0.2) is 0 Å². The Balaban J connectivity index is 0.00000190. The lowest BCUT2D eigenvalue weighted by molar-refractivity contribution is -0.00000972.